The standard InChI is InChI=1S/C8H14O2S/c1-3-9-4-2-8(1)11-6-7-5-10-7/h7-8H,1-6H2/t7-/m0/s1. The summed E-state index contributed by atoms with van der Waals surface area (Å²) in [5.74, 6) is 1.20. The number of rotatable bonds is 3. The molecular formula is C8H14O2S. The lowest BCUT2D eigenvalue weighted by atomic mass is 10.2. The van der Waals surface area contributed by atoms with Crippen LogP contribution in [0.5, 0.6) is 0 Å². The molecule has 0 aromatic rings. The van der Waals surface area contributed by atoms with Crippen molar-refractivity contribution in [2.75, 3.05) is 25.6 Å². The fraction of sp³-hybridized carbons (Fsp3) is 1.00. The normalized spacial score (nSPS) is 32.2. The average Bonchev–Trinajstić information content (AvgIpc) is 2.86. The molecule has 3 heteroatoms. The summed E-state index contributed by atoms with van der Waals surface area (Å²) in [6, 6.07) is 0. The topological polar surface area (TPSA) is 21.8 Å². The van der Waals surface area contributed by atoms with Crippen LogP contribution in [0.3, 0.4) is 0 Å². The predicted octanol–water partition coefficient (Wildman–Crippen LogP) is 1.30. The zero-order valence-electron chi connectivity index (χ0n) is 6.62. The molecule has 0 radical (unpaired) electrons. The molecule has 2 fully saturated rings. The van der Waals surface area contributed by atoms with Crippen molar-refractivity contribution in [1.82, 2.24) is 0 Å². The molecule has 2 rings (SSSR count). The number of epoxide rings is 1. The van der Waals surface area contributed by atoms with Crippen molar-refractivity contribution in [3.8, 4) is 0 Å². The van der Waals surface area contributed by atoms with Crippen molar-refractivity contribution in [3.63, 3.8) is 0 Å². The van der Waals surface area contributed by atoms with E-state index >= 15 is 0 Å². The first kappa shape index (κ1) is 7.90. The molecule has 0 aromatic carbocycles. The van der Waals surface area contributed by atoms with Gasteiger partial charge in [-0.2, -0.15) is 11.8 Å². The van der Waals surface area contributed by atoms with E-state index in [2.05, 4.69) is 11.8 Å². The van der Waals surface area contributed by atoms with Crippen molar-refractivity contribution >= 4 is 11.8 Å². The molecule has 0 aromatic heterocycles. The molecule has 1 atom stereocenters. The molecule has 0 amide bonds. The van der Waals surface area contributed by atoms with Gasteiger partial charge in [-0.1, -0.05) is 0 Å². The van der Waals surface area contributed by atoms with Crippen LogP contribution in [0.1, 0.15) is 12.8 Å². The second kappa shape index (κ2) is 3.78. The lowest BCUT2D eigenvalue weighted by Crippen LogP contribution is -2.18. The Hall–Kier alpha value is 0.270. The Morgan fingerprint density at radius 2 is 2.00 bits per heavy atom. The summed E-state index contributed by atoms with van der Waals surface area (Å²) in [6.45, 7) is 2.92. The molecule has 0 spiro atoms. The van der Waals surface area contributed by atoms with Crippen LogP contribution in [0.25, 0.3) is 0 Å². The first-order valence-electron chi connectivity index (χ1n) is 4.26. The summed E-state index contributed by atoms with van der Waals surface area (Å²) in [7, 11) is 0. The molecule has 0 N–H and O–H groups in total. The van der Waals surface area contributed by atoms with Gasteiger partial charge in [0.25, 0.3) is 0 Å². The van der Waals surface area contributed by atoms with Gasteiger partial charge >= 0.3 is 0 Å². The van der Waals surface area contributed by atoms with E-state index in [1.54, 1.807) is 0 Å². The smallest absolute Gasteiger partial charge is 0.0900 e. The summed E-state index contributed by atoms with van der Waals surface area (Å²) in [5.41, 5.74) is 0. The molecule has 0 bridgehead atoms. The van der Waals surface area contributed by atoms with Gasteiger partial charge in [0.15, 0.2) is 0 Å². The van der Waals surface area contributed by atoms with E-state index in [4.69, 9.17) is 9.47 Å². The van der Waals surface area contributed by atoms with Crippen LogP contribution in [0.2, 0.25) is 0 Å². The Balaban J connectivity index is 1.59. The van der Waals surface area contributed by atoms with Gasteiger partial charge in [0.2, 0.25) is 0 Å². The van der Waals surface area contributed by atoms with Crippen molar-refractivity contribution in [3.05, 3.63) is 0 Å². The van der Waals surface area contributed by atoms with Crippen LogP contribution in [0.15, 0.2) is 0 Å². The fourth-order valence-electron chi connectivity index (χ4n) is 1.25. The minimum absolute atomic E-state index is 0.586. The summed E-state index contributed by atoms with van der Waals surface area (Å²) < 4.78 is 10.4. The number of hydrogen-bond donors (Lipinski definition) is 0. The second-order valence-corrected chi connectivity index (χ2v) is 4.43. The van der Waals surface area contributed by atoms with E-state index in [-0.39, 0.29) is 0 Å². The maximum Gasteiger partial charge on any atom is 0.0900 e. The third kappa shape index (κ3) is 2.65. The van der Waals surface area contributed by atoms with Gasteiger partial charge < -0.3 is 9.47 Å². The Bertz CT molecular complexity index is 119. The number of hydrogen-bond acceptors (Lipinski definition) is 3. The van der Waals surface area contributed by atoms with Gasteiger partial charge in [-0.05, 0) is 12.8 Å². The second-order valence-electron chi connectivity index (χ2n) is 3.10. The highest BCUT2D eigenvalue weighted by Crippen LogP contribution is 2.25. The van der Waals surface area contributed by atoms with Gasteiger partial charge in [-0.3, -0.25) is 0 Å². The molecule has 2 aliphatic rings. The number of thioether (sulfide) groups is 1. The monoisotopic (exact) mass is 174 g/mol. The van der Waals surface area contributed by atoms with E-state index < -0.39 is 0 Å². The molecule has 2 nitrogen and oxygen atoms in total. The van der Waals surface area contributed by atoms with Crippen LogP contribution in [0, 0.1) is 0 Å². The van der Waals surface area contributed by atoms with Crippen LogP contribution >= 0.6 is 11.8 Å². The first-order valence-corrected chi connectivity index (χ1v) is 5.31. The lowest BCUT2D eigenvalue weighted by molar-refractivity contribution is 0.1000. The maximum atomic E-state index is 5.28. The summed E-state index contributed by atoms with van der Waals surface area (Å²) >= 11 is 2.06. The van der Waals surface area contributed by atoms with Crippen LogP contribution < -0.4 is 0 Å². The molecule has 2 heterocycles. The molecule has 2 aliphatic heterocycles. The van der Waals surface area contributed by atoms with Crippen molar-refractivity contribution in [2.45, 2.75) is 24.2 Å². The summed E-state index contributed by atoms with van der Waals surface area (Å²) in [6.07, 6.45) is 3.05. The minimum Gasteiger partial charge on any atom is -0.381 e. The van der Waals surface area contributed by atoms with Crippen molar-refractivity contribution in [1.29, 1.82) is 0 Å². The SMILES string of the molecule is C1CC(SC[C@@H]2CO2)CCO1. The fourth-order valence-corrected chi connectivity index (χ4v) is 2.46. The van der Waals surface area contributed by atoms with Gasteiger partial charge in [0.1, 0.15) is 0 Å². The summed E-state index contributed by atoms with van der Waals surface area (Å²) in [4.78, 5) is 0. The van der Waals surface area contributed by atoms with E-state index in [1.807, 2.05) is 0 Å². The Morgan fingerprint density at radius 1 is 1.27 bits per heavy atom. The first-order chi connectivity index (χ1) is 5.45. The zero-order chi connectivity index (χ0) is 7.52. The molecular weight excluding hydrogens is 160 g/mol. The van der Waals surface area contributed by atoms with E-state index in [0.29, 0.717) is 6.10 Å². The van der Waals surface area contributed by atoms with Crippen molar-refractivity contribution in [2.24, 2.45) is 0 Å². The highest BCUT2D eigenvalue weighted by atomic mass is 32.2. The lowest BCUT2D eigenvalue weighted by Gasteiger charge is -2.20. The van der Waals surface area contributed by atoms with E-state index in [1.165, 1.54) is 18.6 Å². The quantitative estimate of drug-likeness (QED) is 0.602. The average molecular weight is 174 g/mol. The van der Waals surface area contributed by atoms with Crippen LogP contribution in [-0.2, 0) is 9.47 Å². The van der Waals surface area contributed by atoms with Gasteiger partial charge in [-0.15, -0.1) is 0 Å². The zero-order valence-corrected chi connectivity index (χ0v) is 7.44. The predicted molar refractivity (Wildman–Crippen MR) is 46.0 cm³/mol. The molecule has 0 unspecified atom stereocenters. The molecule has 2 saturated heterocycles. The summed E-state index contributed by atoms with van der Waals surface area (Å²) in [5, 5.41) is 0.841. The van der Waals surface area contributed by atoms with Crippen LogP contribution in [-0.4, -0.2) is 36.9 Å². The van der Waals surface area contributed by atoms with E-state index in [9.17, 15) is 0 Å². The third-order valence-electron chi connectivity index (χ3n) is 2.09. The van der Waals surface area contributed by atoms with E-state index in [0.717, 1.165) is 25.1 Å². The Morgan fingerprint density at radius 3 is 2.64 bits per heavy atom. The maximum absolute atomic E-state index is 5.28. The van der Waals surface area contributed by atoms with Crippen molar-refractivity contribution < 1.29 is 9.47 Å². The molecule has 0 aliphatic carbocycles. The minimum atomic E-state index is 0.586. The molecule has 0 saturated carbocycles. The highest BCUT2D eigenvalue weighted by molar-refractivity contribution is 7.99. The van der Waals surface area contributed by atoms with Gasteiger partial charge in [0, 0.05) is 24.2 Å². The number of ether oxygens (including phenoxy) is 2. The van der Waals surface area contributed by atoms with Crippen LogP contribution in [0.4, 0.5) is 0 Å². The molecule has 64 valence electrons. The van der Waals surface area contributed by atoms with Gasteiger partial charge in [0.05, 0.1) is 12.7 Å². The van der Waals surface area contributed by atoms with Gasteiger partial charge in [-0.25, -0.2) is 0 Å². The Labute approximate surface area is 71.6 Å². The molecule has 11 heavy (non-hydrogen) atoms. The largest absolute Gasteiger partial charge is 0.381 e. The Kier molecular flexibility index (Phi) is 2.72. The highest BCUT2D eigenvalue weighted by Gasteiger charge is 2.24. The third-order valence-corrected chi connectivity index (χ3v) is 3.60.